The van der Waals surface area contributed by atoms with Gasteiger partial charge in [-0.15, -0.1) is 0 Å². The van der Waals surface area contributed by atoms with E-state index < -0.39 is 6.17 Å². The molecule has 1 aromatic heterocycles. The molecule has 3 rings (SSSR count). The van der Waals surface area contributed by atoms with Crippen LogP contribution in [0.15, 0.2) is 24.3 Å². The van der Waals surface area contributed by atoms with E-state index in [1.807, 2.05) is 18.2 Å². The van der Waals surface area contributed by atoms with E-state index >= 15 is 0 Å². The van der Waals surface area contributed by atoms with Crippen molar-refractivity contribution in [3.63, 3.8) is 0 Å². The van der Waals surface area contributed by atoms with Crippen molar-refractivity contribution in [2.24, 2.45) is 0 Å². The fraction of sp³-hybridized carbons (Fsp3) is 0.417. The largest absolute Gasteiger partial charge is 0.345 e. The monoisotopic (exact) mass is 236 g/mol. The Kier molecular flexibility index (Phi) is 2.52. The summed E-state index contributed by atoms with van der Waals surface area (Å²) in [6.07, 6.45) is 0.930. The summed E-state index contributed by atoms with van der Waals surface area (Å²) in [4.78, 5) is 6.62. The Bertz CT molecular complexity index is 463. The van der Waals surface area contributed by atoms with Crippen LogP contribution in [-0.2, 0) is 0 Å². The van der Waals surface area contributed by atoms with Gasteiger partial charge in [0.2, 0.25) is 0 Å². The van der Waals surface area contributed by atoms with Crippen molar-refractivity contribution in [1.29, 1.82) is 0 Å². The minimum atomic E-state index is -0.694. The number of alkyl halides is 1. The van der Waals surface area contributed by atoms with E-state index in [2.05, 4.69) is 16.0 Å². The predicted molar refractivity (Wildman–Crippen MR) is 66.0 cm³/mol. The predicted octanol–water partition coefficient (Wildman–Crippen LogP) is 3.23. The Morgan fingerprint density at radius 1 is 1.38 bits per heavy atom. The molecule has 0 N–H and O–H groups in total. The number of anilines is 1. The van der Waals surface area contributed by atoms with Gasteiger partial charge in [0.25, 0.3) is 0 Å². The second-order valence-corrected chi connectivity index (χ2v) is 5.16. The summed E-state index contributed by atoms with van der Waals surface area (Å²) < 4.78 is 14.5. The Morgan fingerprint density at radius 3 is 3.06 bits per heavy atom. The normalized spacial score (nSPS) is 21.6. The first kappa shape index (κ1) is 10.0. The lowest BCUT2D eigenvalue weighted by Gasteiger charge is -2.28. The van der Waals surface area contributed by atoms with Gasteiger partial charge in [0.1, 0.15) is 6.17 Å². The van der Waals surface area contributed by atoms with Gasteiger partial charge in [0.05, 0.1) is 16.8 Å². The third-order valence-corrected chi connectivity index (χ3v) is 4.01. The van der Waals surface area contributed by atoms with E-state index in [-0.39, 0.29) is 0 Å². The van der Waals surface area contributed by atoms with Crippen LogP contribution in [0.1, 0.15) is 12.8 Å². The summed E-state index contributed by atoms with van der Waals surface area (Å²) in [7, 11) is 0. The second kappa shape index (κ2) is 4.01. The fourth-order valence-corrected chi connectivity index (χ4v) is 3.09. The van der Waals surface area contributed by atoms with Gasteiger partial charge in [-0.25, -0.2) is 9.37 Å². The average molecular weight is 236 g/mol. The van der Waals surface area contributed by atoms with Crippen LogP contribution in [0, 0.1) is 0 Å². The van der Waals surface area contributed by atoms with E-state index in [0.717, 1.165) is 23.6 Å². The van der Waals surface area contributed by atoms with Crippen molar-refractivity contribution in [3.05, 3.63) is 24.3 Å². The number of para-hydroxylation sites is 1. The van der Waals surface area contributed by atoms with Crippen LogP contribution >= 0.6 is 11.3 Å². The SMILES string of the molecule is FC1CCCN(c2nc3ccccc3s2)C1. The Balaban J connectivity index is 1.93. The number of hydrogen-bond donors (Lipinski definition) is 0. The van der Waals surface area contributed by atoms with Crippen molar-refractivity contribution in [2.75, 3.05) is 18.0 Å². The van der Waals surface area contributed by atoms with Gasteiger partial charge in [-0.05, 0) is 25.0 Å². The number of piperidine rings is 1. The van der Waals surface area contributed by atoms with Crippen molar-refractivity contribution in [2.45, 2.75) is 19.0 Å². The molecule has 1 saturated heterocycles. The molecule has 1 aromatic carbocycles. The first-order chi connectivity index (χ1) is 7.83. The maximum Gasteiger partial charge on any atom is 0.186 e. The molecule has 0 saturated carbocycles. The zero-order valence-corrected chi connectivity index (χ0v) is 9.71. The molecule has 0 amide bonds. The first-order valence-corrected chi connectivity index (χ1v) is 6.39. The number of halogens is 1. The fourth-order valence-electron chi connectivity index (χ4n) is 2.09. The summed E-state index contributed by atoms with van der Waals surface area (Å²) in [5, 5.41) is 0.962. The summed E-state index contributed by atoms with van der Waals surface area (Å²) in [5.41, 5.74) is 1.02. The molecule has 2 aromatic rings. The number of hydrogen-bond acceptors (Lipinski definition) is 3. The van der Waals surface area contributed by atoms with Crippen LogP contribution in [-0.4, -0.2) is 24.2 Å². The molecule has 0 bridgehead atoms. The number of fused-ring (bicyclic) bond motifs is 1. The standard InChI is InChI=1S/C12H13FN2S/c13-9-4-3-7-15(8-9)12-14-10-5-1-2-6-11(10)16-12/h1-2,5-6,9H,3-4,7-8H2. The first-order valence-electron chi connectivity index (χ1n) is 5.57. The van der Waals surface area contributed by atoms with Gasteiger partial charge >= 0.3 is 0 Å². The van der Waals surface area contributed by atoms with Gasteiger partial charge in [-0.3, -0.25) is 0 Å². The molecule has 2 nitrogen and oxygen atoms in total. The van der Waals surface area contributed by atoms with E-state index in [4.69, 9.17) is 0 Å². The average Bonchev–Trinajstić information content (AvgIpc) is 2.72. The lowest BCUT2D eigenvalue weighted by atomic mass is 10.1. The number of thiazole rings is 1. The topological polar surface area (TPSA) is 16.1 Å². The minimum Gasteiger partial charge on any atom is -0.345 e. The molecule has 1 aliphatic heterocycles. The highest BCUT2D eigenvalue weighted by atomic mass is 32.1. The molecule has 16 heavy (non-hydrogen) atoms. The molecule has 1 unspecified atom stereocenters. The van der Waals surface area contributed by atoms with E-state index in [9.17, 15) is 4.39 Å². The Morgan fingerprint density at radius 2 is 2.25 bits per heavy atom. The molecule has 4 heteroatoms. The number of aromatic nitrogens is 1. The van der Waals surface area contributed by atoms with Crippen LogP contribution in [0.5, 0.6) is 0 Å². The van der Waals surface area contributed by atoms with E-state index in [1.54, 1.807) is 11.3 Å². The molecular weight excluding hydrogens is 223 g/mol. The second-order valence-electron chi connectivity index (χ2n) is 4.15. The number of benzene rings is 1. The van der Waals surface area contributed by atoms with Gasteiger partial charge in [0.15, 0.2) is 5.13 Å². The Labute approximate surface area is 97.7 Å². The van der Waals surface area contributed by atoms with Crippen molar-refractivity contribution < 1.29 is 4.39 Å². The molecule has 1 fully saturated rings. The van der Waals surface area contributed by atoms with Crippen molar-refractivity contribution >= 4 is 26.7 Å². The highest BCUT2D eigenvalue weighted by molar-refractivity contribution is 7.22. The highest BCUT2D eigenvalue weighted by Gasteiger charge is 2.21. The van der Waals surface area contributed by atoms with Gasteiger partial charge in [-0.2, -0.15) is 0 Å². The zero-order chi connectivity index (χ0) is 11.0. The molecule has 0 spiro atoms. The maximum atomic E-state index is 13.3. The lowest BCUT2D eigenvalue weighted by molar-refractivity contribution is 0.287. The molecule has 2 heterocycles. The van der Waals surface area contributed by atoms with Crippen LogP contribution in [0.4, 0.5) is 9.52 Å². The minimum absolute atomic E-state index is 0.500. The molecule has 1 aliphatic rings. The van der Waals surface area contributed by atoms with E-state index in [0.29, 0.717) is 13.0 Å². The molecule has 0 radical (unpaired) electrons. The summed E-state index contributed by atoms with van der Waals surface area (Å²) in [6, 6.07) is 8.07. The van der Waals surface area contributed by atoms with E-state index in [1.165, 1.54) is 4.70 Å². The van der Waals surface area contributed by atoms with Crippen LogP contribution in [0.25, 0.3) is 10.2 Å². The molecular formula is C12H13FN2S. The Hall–Kier alpha value is -1.16. The summed E-state index contributed by atoms with van der Waals surface area (Å²) in [6.45, 7) is 1.43. The third kappa shape index (κ3) is 1.78. The van der Waals surface area contributed by atoms with Crippen molar-refractivity contribution in [3.8, 4) is 0 Å². The summed E-state index contributed by atoms with van der Waals surface area (Å²) in [5.74, 6) is 0. The smallest absolute Gasteiger partial charge is 0.186 e. The summed E-state index contributed by atoms with van der Waals surface area (Å²) >= 11 is 1.65. The highest BCUT2D eigenvalue weighted by Crippen LogP contribution is 2.30. The van der Waals surface area contributed by atoms with Gasteiger partial charge in [0, 0.05) is 6.54 Å². The van der Waals surface area contributed by atoms with Crippen LogP contribution < -0.4 is 4.90 Å². The number of rotatable bonds is 1. The molecule has 84 valence electrons. The van der Waals surface area contributed by atoms with Crippen molar-refractivity contribution in [1.82, 2.24) is 4.98 Å². The van der Waals surface area contributed by atoms with Gasteiger partial charge in [-0.1, -0.05) is 23.5 Å². The molecule has 0 aliphatic carbocycles. The maximum absolute atomic E-state index is 13.3. The third-order valence-electron chi connectivity index (χ3n) is 2.92. The quantitative estimate of drug-likeness (QED) is 0.755. The molecule has 1 atom stereocenters. The van der Waals surface area contributed by atoms with Crippen LogP contribution in [0.2, 0.25) is 0 Å². The number of nitrogens with zero attached hydrogens (tertiary/aromatic N) is 2. The zero-order valence-electron chi connectivity index (χ0n) is 8.90. The lowest BCUT2D eigenvalue weighted by Crippen LogP contribution is -2.36. The van der Waals surface area contributed by atoms with Crippen LogP contribution in [0.3, 0.4) is 0 Å². The van der Waals surface area contributed by atoms with Gasteiger partial charge < -0.3 is 4.90 Å².